The first-order valence-electron chi connectivity index (χ1n) is 14.3. The number of hydrogen-bond acceptors (Lipinski definition) is 7. The fraction of sp³-hybridized carbons (Fsp3) is 0.438. The minimum absolute atomic E-state index is 0.168. The molecular weight excluding hydrogens is 534 g/mol. The summed E-state index contributed by atoms with van der Waals surface area (Å²) >= 11 is 0. The average molecular weight is 580 g/mol. The topological polar surface area (TPSA) is 103 Å². The Morgan fingerprint density at radius 1 is 0.951 bits per heavy atom. The van der Waals surface area contributed by atoms with Gasteiger partial charge in [0.15, 0.2) is 0 Å². The van der Waals surface area contributed by atoms with Crippen molar-refractivity contribution < 1.29 is 14.1 Å². The molecule has 4 N–H and O–H groups in total. The fourth-order valence-corrected chi connectivity index (χ4v) is 6.13. The summed E-state index contributed by atoms with van der Waals surface area (Å²) in [5.74, 6) is 0.336. The van der Waals surface area contributed by atoms with E-state index in [1.807, 2.05) is 26.2 Å². The van der Waals surface area contributed by atoms with E-state index in [2.05, 4.69) is 83.6 Å². The molecule has 2 atom stereocenters. The van der Waals surface area contributed by atoms with Gasteiger partial charge < -0.3 is 25.0 Å². The lowest BCUT2D eigenvalue weighted by Crippen LogP contribution is -2.36. The van der Waals surface area contributed by atoms with Crippen LogP contribution in [0.3, 0.4) is 0 Å². The molecule has 3 aromatic carbocycles. The van der Waals surface area contributed by atoms with E-state index in [0.29, 0.717) is 4.90 Å². The zero-order chi connectivity index (χ0) is 29.7. The summed E-state index contributed by atoms with van der Waals surface area (Å²) in [4.78, 5) is 4.78. The van der Waals surface area contributed by atoms with Crippen molar-refractivity contribution in [2.45, 2.75) is 57.3 Å². The second-order valence-corrected chi connectivity index (χ2v) is 13.4. The molecule has 4 rings (SSSR count). The van der Waals surface area contributed by atoms with Gasteiger partial charge in [0.05, 0.1) is 18.1 Å². The second-order valence-electron chi connectivity index (χ2n) is 11.6. The molecule has 0 bridgehead atoms. The number of nitrogens with one attached hydrogen (secondary N) is 1. The SMILES string of the molecule is CC(C)c1cc(-c2ccc(N3CCOCC3)cc2)cc(C(C)C)c1NC(O)N=S(N)(=O)c1ccc(CN(C)C)cc1. The van der Waals surface area contributed by atoms with Crippen molar-refractivity contribution in [2.75, 3.05) is 50.6 Å². The zero-order valence-electron chi connectivity index (χ0n) is 25.1. The van der Waals surface area contributed by atoms with Gasteiger partial charge in [-0.1, -0.05) is 52.0 Å². The lowest BCUT2D eigenvalue weighted by atomic mass is 9.88. The molecule has 222 valence electrons. The molecule has 0 spiro atoms. The summed E-state index contributed by atoms with van der Waals surface area (Å²) in [5, 5.41) is 20.3. The Bertz CT molecular complexity index is 1390. The van der Waals surface area contributed by atoms with Crippen molar-refractivity contribution in [3.05, 3.63) is 77.4 Å². The van der Waals surface area contributed by atoms with Gasteiger partial charge in [-0.15, -0.1) is 0 Å². The van der Waals surface area contributed by atoms with E-state index in [-0.39, 0.29) is 11.8 Å². The molecule has 1 fully saturated rings. The molecule has 1 heterocycles. The highest BCUT2D eigenvalue weighted by molar-refractivity contribution is 7.91. The fourth-order valence-electron chi connectivity index (χ4n) is 5.14. The first-order chi connectivity index (χ1) is 19.4. The summed E-state index contributed by atoms with van der Waals surface area (Å²) < 4.78 is 22.9. The van der Waals surface area contributed by atoms with Gasteiger partial charge in [0.25, 0.3) is 0 Å². The molecule has 41 heavy (non-hydrogen) atoms. The highest BCUT2D eigenvalue weighted by Crippen LogP contribution is 2.38. The molecule has 1 saturated heterocycles. The highest BCUT2D eigenvalue weighted by Gasteiger charge is 2.20. The minimum Gasteiger partial charge on any atom is -0.378 e. The van der Waals surface area contributed by atoms with Crippen molar-refractivity contribution >= 4 is 21.3 Å². The van der Waals surface area contributed by atoms with Crippen LogP contribution in [0.1, 0.15) is 56.2 Å². The monoisotopic (exact) mass is 579 g/mol. The average Bonchev–Trinajstić information content (AvgIpc) is 2.93. The van der Waals surface area contributed by atoms with Crippen molar-refractivity contribution in [3.8, 4) is 11.1 Å². The predicted octanol–water partition coefficient (Wildman–Crippen LogP) is 5.59. The summed E-state index contributed by atoms with van der Waals surface area (Å²) in [6, 6.07) is 20.2. The molecule has 9 heteroatoms. The van der Waals surface area contributed by atoms with E-state index in [1.54, 1.807) is 12.1 Å². The summed E-state index contributed by atoms with van der Waals surface area (Å²) in [7, 11) is 0.660. The molecule has 0 amide bonds. The van der Waals surface area contributed by atoms with Crippen LogP contribution in [0.25, 0.3) is 11.1 Å². The molecule has 0 aromatic heterocycles. The van der Waals surface area contributed by atoms with Gasteiger partial charge in [-0.2, -0.15) is 4.36 Å². The Hall–Kier alpha value is -2.95. The number of benzene rings is 3. The Labute approximate surface area is 245 Å². The van der Waals surface area contributed by atoms with Crippen molar-refractivity contribution in [2.24, 2.45) is 9.50 Å². The van der Waals surface area contributed by atoms with Crippen LogP contribution in [-0.2, 0) is 21.2 Å². The van der Waals surface area contributed by atoms with Crippen molar-refractivity contribution in [3.63, 3.8) is 0 Å². The Balaban J connectivity index is 1.63. The predicted molar refractivity (Wildman–Crippen MR) is 170 cm³/mol. The van der Waals surface area contributed by atoms with Crippen LogP contribution in [0.4, 0.5) is 11.4 Å². The standard InChI is InChI=1S/C32H45N5O3S/c1-22(2)29-19-26(25-9-11-27(12-10-25)37-15-17-40-18-16-37)20-30(23(3)4)31(29)34-32(38)35-41(33,39)28-13-7-24(8-14-28)21-36(5)6/h7-14,19-20,22-23,32,34,38H,15-18,21H2,1-6H3,(H2,33,35,39). The molecule has 1 aliphatic rings. The Kier molecular flexibility index (Phi) is 10.1. The van der Waals surface area contributed by atoms with Gasteiger partial charge in [-0.25, -0.2) is 9.35 Å². The second kappa shape index (κ2) is 13.4. The van der Waals surface area contributed by atoms with E-state index in [4.69, 9.17) is 9.88 Å². The van der Waals surface area contributed by atoms with Gasteiger partial charge in [-0.3, -0.25) is 0 Å². The number of aliphatic hydroxyl groups excluding tert-OH is 1. The van der Waals surface area contributed by atoms with Crippen LogP contribution < -0.4 is 15.4 Å². The molecule has 1 aliphatic heterocycles. The minimum atomic E-state index is -3.32. The van der Waals surface area contributed by atoms with Crippen LogP contribution in [0.15, 0.2) is 69.9 Å². The maximum absolute atomic E-state index is 13.3. The highest BCUT2D eigenvalue weighted by atomic mass is 32.2. The number of ether oxygens (including phenoxy) is 1. The third-order valence-corrected chi connectivity index (χ3v) is 8.77. The summed E-state index contributed by atoms with van der Waals surface area (Å²) in [6.07, 6.45) is -1.44. The smallest absolute Gasteiger partial charge is 0.233 e. The van der Waals surface area contributed by atoms with E-state index in [9.17, 15) is 9.32 Å². The lowest BCUT2D eigenvalue weighted by molar-refractivity contribution is 0.122. The molecular formula is C32H45N5O3S. The van der Waals surface area contributed by atoms with Gasteiger partial charge in [0, 0.05) is 31.0 Å². The molecule has 8 nitrogen and oxygen atoms in total. The van der Waals surface area contributed by atoms with Crippen LogP contribution in [0.5, 0.6) is 0 Å². The van der Waals surface area contributed by atoms with E-state index >= 15 is 0 Å². The van der Waals surface area contributed by atoms with Gasteiger partial charge in [0.1, 0.15) is 9.92 Å². The Morgan fingerprint density at radius 3 is 2.02 bits per heavy atom. The maximum Gasteiger partial charge on any atom is 0.233 e. The quantitative estimate of drug-likeness (QED) is 0.271. The third-order valence-electron chi connectivity index (χ3n) is 7.31. The lowest BCUT2D eigenvalue weighted by Gasteiger charge is -2.29. The van der Waals surface area contributed by atoms with Crippen LogP contribution in [-0.4, -0.2) is 61.0 Å². The van der Waals surface area contributed by atoms with E-state index < -0.39 is 16.3 Å². The number of morpholine rings is 1. The number of nitrogens with zero attached hydrogens (tertiary/aromatic N) is 3. The molecule has 3 aromatic rings. The number of nitrogens with two attached hydrogens (primary N) is 1. The first kappa shape index (κ1) is 31.0. The molecule has 2 unspecified atom stereocenters. The first-order valence-corrected chi connectivity index (χ1v) is 15.9. The van der Waals surface area contributed by atoms with Crippen LogP contribution in [0, 0.1) is 0 Å². The number of rotatable bonds is 10. The molecule has 0 radical (unpaired) electrons. The largest absolute Gasteiger partial charge is 0.378 e. The number of hydrogen-bond donors (Lipinski definition) is 3. The number of anilines is 2. The zero-order valence-corrected chi connectivity index (χ0v) is 25.9. The van der Waals surface area contributed by atoms with Crippen molar-refractivity contribution in [1.29, 1.82) is 0 Å². The van der Waals surface area contributed by atoms with Gasteiger partial charge in [0.2, 0.25) is 6.35 Å². The maximum atomic E-state index is 13.3. The molecule has 0 saturated carbocycles. The van der Waals surface area contributed by atoms with E-state index in [1.165, 1.54) is 5.69 Å². The van der Waals surface area contributed by atoms with Crippen LogP contribution >= 0.6 is 0 Å². The normalized spacial score (nSPS) is 16.2. The van der Waals surface area contributed by atoms with Gasteiger partial charge in [-0.05, 0) is 90.1 Å². The van der Waals surface area contributed by atoms with E-state index in [0.717, 1.165) is 66.4 Å². The molecule has 0 aliphatic carbocycles. The van der Waals surface area contributed by atoms with Gasteiger partial charge >= 0.3 is 0 Å². The summed E-state index contributed by atoms with van der Waals surface area (Å²) in [6.45, 7) is 12.6. The third kappa shape index (κ3) is 7.87. The Morgan fingerprint density at radius 2 is 1.51 bits per heavy atom. The number of aliphatic hydroxyl groups is 1. The summed E-state index contributed by atoms with van der Waals surface area (Å²) in [5.41, 5.74) is 7.42. The van der Waals surface area contributed by atoms with Crippen LogP contribution in [0.2, 0.25) is 0 Å². The van der Waals surface area contributed by atoms with Crippen molar-refractivity contribution in [1.82, 2.24) is 4.90 Å².